The highest BCUT2D eigenvalue weighted by Crippen LogP contribution is 2.19. The second-order valence-corrected chi connectivity index (χ2v) is 8.47. The van der Waals surface area contributed by atoms with Crippen LogP contribution < -0.4 is 5.19 Å². The molecule has 1 atom stereocenters. The Hall–Kier alpha value is -1.43. The maximum atomic E-state index is 11.1. The van der Waals surface area contributed by atoms with Crippen molar-refractivity contribution in [1.82, 2.24) is 0 Å². The average Bonchev–Trinajstić information content (AvgIpc) is 2.51. The highest BCUT2D eigenvalue weighted by atomic mass is 28.4. The molecular weight excluding hydrogens is 284 g/mol. The number of hydrogen-bond acceptors (Lipinski definition) is 4. The minimum Gasteiger partial charge on any atom is -0.436 e. The third kappa shape index (κ3) is 5.45. The first-order chi connectivity index (χ1) is 10.0. The number of carbonyl (C=O) groups is 1. The maximum Gasteiger partial charge on any atom is 0.374 e. The van der Waals surface area contributed by atoms with Crippen molar-refractivity contribution in [3.8, 4) is 0 Å². The minimum absolute atomic E-state index is 0.113. The molecule has 0 aromatic heterocycles. The molecule has 116 valence electrons. The third-order valence-corrected chi connectivity index (χ3v) is 6.66. The van der Waals surface area contributed by atoms with Crippen molar-refractivity contribution >= 4 is 19.7 Å². The fourth-order valence-corrected chi connectivity index (χ4v) is 5.06. The van der Waals surface area contributed by atoms with Gasteiger partial charge in [0.05, 0.1) is 0 Å². The van der Waals surface area contributed by atoms with Crippen molar-refractivity contribution in [3.05, 3.63) is 43.0 Å². The summed E-state index contributed by atoms with van der Waals surface area (Å²) < 4.78 is 16.7. The smallest absolute Gasteiger partial charge is 0.374 e. The second-order valence-electron chi connectivity index (χ2n) is 5.19. The van der Waals surface area contributed by atoms with Gasteiger partial charge in [0.1, 0.15) is 0 Å². The van der Waals surface area contributed by atoms with E-state index in [9.17, 15) is 4.79 Å². The fraction of sp³-hybridized carbons (Fsp3) is 0.438. The van der Waals surface area contributed by atoms with Crippen molar-refractivity contribution in [3.63, 3.8) is 0 Å². The van der Waals surface area contributed by atoms with Gasteiger partial charge in [-0.2, -0.15) is 0 Å². The standard InChI is InChI=1S/C16H24O4Si/c1-5-16(17)19-13-20-21(18-4,12-11-14(2)3)15-9-7-6-8-10-15/h5-10,14H,1,11-13H2,2-4H3. The van der Waals surface area contributed by atoms with Crippen molar-refractivity contribution in [2.24, 2.45) is 5.92 Å². The molecule has 0 spiro atoms. The van der Waals surface area contributed by atoms with Crippen LogP contribution in [0.1, 0.15) is 20.3 Å². The summed E-state index contributed by atoms with van der Waals surface area (Å²) in [5, 5.41) is 1.04. The lowest BCUT2D eigenvalue weighted by Crippen LogP contribution is -2.53. The van der Waals surface area contributed by atoms with E-state index in [1.807, 2.05) is 30.3 Å². The van der Waals surface area contributed by atoms with Gasteiger partial charge in [0.25, 0.3) is 0 Å². The van der Waals surface area contributed by atoms with Gasteiger partial charge in [0.2, 0.25) is 0 Å². The number of ether oxygens (including phenoxy) is 1. The van der Waals surface area contributed by atoms with E-state index in [1.54, 1.807) is 7.11 Å². The second kappa shape index (κ2) is 8.77. The van der Waals surface area contributed by atoms with Crippen LogP contribution in [0.2, 0.25) is 6.04 Å². The molecule has 1 aromatic rings. The fourth-order valence-electron chi connectivity index (χ4n) is 1.99. The van der Waals surface area contributed by atoms with Gasteiger partial charge >= 0.3 is 14.5 Å². The molecule has 1 aromatic carbocycles. The molecule has 1 rings (SSSR count). The molecule has 0 amide bonds. The van der Waals surface area contributed by atoms with E-state index in [1.165, 1.54) is 0 Å². The Morgan fingerprint density at radius 1 is 1.33 bits per heavy atom. The average molecular weight is 308 g/mol. The Kier molecular flexibility index (Phi) is 7.35. The van der Waals surface area contributed by atoms with E-state index in [-0.39, 0.29) is 6.79 Å². The van der Waals surface area contributed by atoms with Crippen LogP contribution in [0.4, 0.5) is 0 Å². The zero-order valence-electron chi connectivity index (χ0n) is 13.0. The molecular formula is C16H24O4Si. The Morgan fingerprint density at radius 2 is 2.00 bits per heavy atom. The van der Waals surface area contributed by atoms with Crippen LogP contribution in [0.5, 0.6) is 0 Å². The zero-order valence-corrected chi connectivity index (χ0v) is 14.0. The normalized spacial score (nSPS) is 13.7. The van der Waals surface area contributed by atoms with Crippen molar-refractivity contribution in [1.29, 1.82) is 0 Å². The lowest BCUT2D eigenvalue weighted by Gasteiger charge is -2.29. The largest absolute Gasteiger partial charge is 0.436 e. The number of rotatable bonds is 9. The summed E-state index contributed by atoms with van der Waals surface area (Å²) in [6.07, 6.45) is 2.11. The molecule has 0 aliphatic heterocycles. The molecule has 0 radical (unpaired) electrons. The SMILES string of the molecule is C=CC(=O)OCO[Si](CCC(C)C)(OC)c1ccccc1. The van der Waals surface area contributed by atoms with Crippen LogP contribution in [-0.2, 0) is 18.4 Å². The van der Waals surface area contributed by atoms with Gasteiger partial charge in [0, 0.05) is 13.2 Å². The third-order valence-electron chi connectivity index (χ3n) is 3.25. The van der Waals surface area contributed by atoms with E-state index in [4.69, 9.17) is 13.6 Å². The molecule has 0 bridgehead atoms. The lowest BCUT2D eigenvalue weighted by molar-refractivity contribution is -0.145. The van der Waals surface area contributed by atoms with Crippen LogP contribution in [0, 0.1) is 5.92 Å². The van der Waals surface area contributed by atoms with Crippen LogP contribution in [0.15, 0.2) is 43.0 Å². The Balaban J connectivity index is 2.86. The van der Waals surface area contributed by atoms with Gasteiger partial charge in [0.15, 0.2) is 6.79 Å². The minimum atomic E-state index is -2.60. The van der Waals surface area contributed by atoms with Gasteiger partial charge in [-0.15, -0.1) is 0 Å². The lowest BCUT2D eigenvalue weighted by atomic mass is 10.2. The zero-order chi connectivity index (χ0) is 15.7. The summed E-state index contributed by atoms with van der Waals surface area (Å²) in [4.78, 5) is 11.1. The first-order valence-electron chi connectivity index (χ1n) is 7.08. The summed E-state index contributed by atoms with van der Waals surface area (Å²) in [7, 11) is -0.938. The quantitative estimate of drug-likeness (QED) is 0.304. The summed E-state index contributed by atoms with van der Waals surface area (Å²) in [5.74, 6) is 0.0565. The van der Waals surface area contributed by atoms with Crippen LogP contribution in [0.25, 0.3) is 0 Å². The number of hydrogen-bond donors (Lipinski definition) is 0. The van der Waals surface area contributed by atoms with Gasteiger partial charge < -0.3 is 13.6 Å². The van der Waals surface area contributed by atoms with E-state index >= 15 is 0 Å². The molecule has 5 heteroatoms. The first kappa shape index (κ1) is 17.6. The Labute approximate surface area is 128 Å². The van der Waals surface area contributed by atoms with Crippen LogP contribution in [0.3, 0.4) is 0 Å². The Morgan fingerprint density at radius 3 is 2.52 bits per heavy atom. The monoisotopic (exact) mass is 308 g/mol. The molecule has 0 aliphatic carbocycles. The molecule has 0 aliphatic rings. The molecule has 0 heterocycles. The van der Waals surface area contributed by atoms with Gasteiger partial charge in [-0.1, -0.05) is 50.8 Å². The highest BCUT2D eigenvalue weighted by molar-refractivity contribution is 6.81. The summed E-state index contributed by atoms with van der Waals surface area (Å²) in [5.41, 5.74) is 0. The van der Waals surface area contributed by atoms with Crippen molar-refractivity contribution in [2.45, 2.75) is 26.3 Å². The number of carbonyl (C=O) groups excluding carboxylic acids is 1. The van der Waals surface area contributed by atoms with Crippen molar-refractivity contribution in [2.75, 3.05) is 13.9 Å². The van der Waals surface area contributed by atoms with Crippen LogP contribution >= 0.6 is 0 Å². The van der Waals surface area contributed by atoms with Gasteiger partial charge in [-0.05, 0) is 23.6 Å². The molecule has 0 fully saturated rings. The molecule has 4 nitrogen and oxygen atoms in total. The predicted molar refractivity (Wildman–Crippen MR) is 85.3 cm³/mol. The molecule has 1 unspecified atom stereocenters. The highest BCUT2D eigenvalue weighted by Gasteiger charge is 2.39. The van der Waals surface area contributed by atoms with Crippen LogP contribution in [-0.4, -0.2) is 28.4 Å². The summed E-state index contributed by atoms with van der Waals surface area (Å²) in [6, 6.07) is 10.7. The van der Waals surface area contributed by atoms with E-state index in [2.05, 4.69) is 20.4 Å². The van der Waals surface area contributed by atoms with E-state index in [0.29, 0.717) is 5.92 Å². The van der Waals surface area contributed by atoms with Crippen molar-refractivity contribution < 1.29 is 18.4 Å². The van der Waals surface area contributed by atoms with Gasteiger partial charge in [-0.25, -0.2) is 4.79 Å². The summed E-state index contributed by atoms with van der Waals surface area (Å²) in [6.45, 7) is 7.58. The van der Waals surface area contributed by atoms with E-state index < -0.39 is 14.5 Å². The Bertz CT molecular complexity index is 447. The number of benzene rings is 1. The van der Waals surface area contributed by atoms with Gasteiger partial charge in [-0.3, -0.25) is 0 Å². The van der Waals surface area contributed by atoms with E-state index in [0.717, 1.165) is 23.7 Å². The topological polar surface area (TPSA) is 44.8 Å². The molecule has 21 heavy (non-hydrogen) atoms. The first-order valence-corrected chi connectivity index (χ1v) is 9.10. The molecule has 0 saturated carbocycles. The predicted octanol–water partition coefficient (Wildman–Crippen LogP) is 2.73. The molecule has 0 N–H and O–H groups in total. The number of esters is 1. The molecule has 0 saturated heterocycles. The maximum absolute atomic E-state index is 11.1. The summed E-state index contributed by atoms with van der Waals surface area (Å²) >= 11 is 0.